The summed E-state index contributed by atoms with van der Waals surface area (Å²) in [6, 6.07) is 17.9. The van der Waals surface area contributed by atoms with Gasteiger partial charge in [0.15, 0.2) is 11.5 Å². The molecule has 8 heteroatoms. The number of carbonyl (C=O) groups excluding carboxylic acids is 1. The monoisotopic (exact) mass is 427 g/mol. The molecule has 1 fully saturated rings. The van der Waals surface area contributed by atoms with E-state index in [0.29, 0.717) is 24.4 Å². The maximum absolute atomic E-state index is 12.8. The Balaban J connectivity index is 1.27. The number of aryl methyl sites for hydroxylation is 1. The Hall–Kier alpha value is -3.81. The molecule has 0 saturated carbocycles. The van der Waals surface area contributed by atoms with Crippen LogP contribution in [0.25, 0.3) is 17.0 Å². The Bertz CT molecular complexity index is 1190. The first kappa shape index (κ1) is 20.1. The Kier molecular flexibility index (Phi) is 5.74. The van der Waals surface area contributed by atoms with Gasteiger partial charge in [-0.05, 0) is 42.7 Å². The maximum Gasteiger partial charge on any atom is 0.222 e. The molecule has 0 atom stereocenters. The summed E-state index contributed by atoms with van der Waals surface area (Å²) < 4.78 is 1.76. The third-order valence-corrected chi connectivity index (χ3v) is 5.81. The van der Waals surface area contributed by atoms with Crippen molar-refractivity contribution < 1.29 is 4.79 Å². The Labute approximate surface area is 186 Å². The number of anilines is 1. The summed E-state index contributed by atoms with van der Waals surface area (Å²) in [6.07, 6.45) is 5.73. The fraction of sp³-hybridized carbons (Fsp3) is 0.292. The lowest BCUT2D eigenvalue weighted by Gasteiger charge is -2.23. The highest BCUT2D eigenvalue weighted by molar-refractivity contribution is 5.76. The molecule has 5 rings (SSSR count). The molecule has 0 radical (unpaired) electrons. The van der Waals surface area contributed by atoms with Crippen LogP contribution in [0.5, 0.6) is 0 Å². The fourth-order valence-electron chi connectivity index (χ4n) is 4.07. The minimum Gasteiger partial charge on any atom is -0.353 e. The number of hydrogen-bond donors (Lipinski definition) is 0. The zero-order valence-electron chi connectivity index (χ0n) is 17.8. The molecule has 1 aliphatic heterocycles. The Morgan fingerprint density at radius 2 is 1.81 bits per heavy atom. The highest BCUT2D eigenvalue weighted by Crippen LogP contribution is 2.20. The van der Waals surface area contributed by atoms with Crippen LogP contribution in [0.15, 0.2) is 67.0 Å². The summed E-state index contributed by atoms with van der Waals surface area (Å²) in [5.41, 5.74) is 2.77. The minimum atomic E-state index is 0.219. The largest absolute Gasteiger partial charge is 0.353 e. The van der Waals surface area contributed by atoms with Crippen molar-refractivity contribution >= 4 is 17.4 Å². The molecule has 4 aromatic rings. The van der Waals surface area contributed by atoms with Crippen molar-refractivity contribution in [2.75, 3.05) is 31.1 Å². The third-order valence-electron chi connectivity index (χ3n) is 5.81. The van der Waals surface area contributed by atoms with Crippen molar-refractivity contribution in [3.8, 4) is 11.4 Å². The standard InChI is InChI=1S/C24H25N7O/c32-23(12-9-19-6-2-1-3-7-19)30-15-5-14-29(16-17-30)22-11-10-21-26-27-24(31(21)28-22)20-8-4-13-25-18-20/h1-4,6-8,10-11,13,18H,5,9,12,14-17H2. The van der Waals surface area contributed by atoms with Crippen molar-refractivity contribution in [3.63, 3.8) is 0 Å². The van der Waals surface area contributed by atoms with Crippen molar-refractivity contribution in [1.29, 1.82) is 0 Å². The summed E-state index contributed by atoms with van der Waals surface area (Å²) in [7, 11) is 0. The van der Waals surface area contributed by atoms with Gasteiger partial charge in [0, 0.05) is 50.6 Å². The molecular weight excluding hydrogens is 402 g/mol. The second-order valence-corrected chi connectivity index (χ2v) is 7.93. The van der Waals surface area contributed by atoms with Gasteiger partial charge in [0.05, 0.1) is 0 Å². The van der Waals surface area contributed by atoms with Gasteiger partial charge in [-0.2, -0.15) is 4.52 Å². The van der Waals surface area contributed by atoms with Crippen LogP contribution in [0.2, 0.25) is 0 Å². The van der Waals surface area contributed by atoms with Crippen LogP contribution in [-0.4, -0.2) is 61.8 Å². The van der Waals surface area contributed by atoms with E-state index >= 15 is 0 Å². The summed E-state index contributed by atoms with van der Waals surface area (Å²) in [6.45, 7) is 3.08. The zero-order chi connectivity index (χ0) is 21.8. The smallest absolute Gasteiger partial charge is 0.222 e. The van der Waals surface area contributed by atoms with Gasteiger partial charge < -0.3 is 9.80 Å². The minimum absolute atomic E-state index is 0.219. The van der Waals surface area contributed by atoms with E-state index in [2.05, 4.69) is 32.2 Å². The SMILES string of the molecule is O=C(CCc1ccccc1)N1CCCN(c2ccc3nnc(-c4cccnc4)n3n2)CC1. The second-order valence-electron chi connectivity index (χ2n) is 7.93. The molecule has 32 heavy (non-hydrogen) atoms. The van der Waals surface area contributed by atoms with Gasteiger partial charge in [0.25, 0.3) is 0 Å². The summed E-state index contributed by atoms with van der Waals surface area (Å²) in [4.78, 5) is 21.2. The first-order valence-electron chi connectivity index (χ1n) is 11.0. The van der Waals surface area contributed by atoms with E-state index in [1.54, 1.807) is 16.9 Å². The first-order valence-corrected chi connectivity index (χ1v) is 11.0. The number of benzene rings is 1. The van der Waals surface area contributed by atoms with Crippen LogP contribution in [-0.2, 0) is 11.2 Å². The van der Waals surface area contributed by atoms with E-state index in [4.69, 9.17) is 5.10 Å². The summed E-state index contributed by atoms with van der Waals surface area (Å²) >= 11 is 0. The summed E-state index contributed by atoms with van der Waals surface area (Å²) in [5.74, 6) is 1.75. The van der Waals surface area contributed by atoms with Crippen LogP contribution in [0.1, 0.15) is 18.4 Å². The van der Waals surface area contributed by atoms with E-state index in [9.17, 15) is 4.79 Å². The van der Waals surface area contributed by atoms with Crippen LogP contribution in [0.4, 0.5) is 5.82 Å². The molecule has 0 N–H and O–H groups in total. The van der Waals surface area contributed by atoms with Gasteiger partial charge in [0.2, 0.25) is 5.91 Å². The highest BCUT2D eigenvalue weighted by atomic mass is 16.2. The van der Waals surface area contributed by atoms with Crippen LogP contribution in [0, 0.1) is 0 Å². The second kappa shape index (κ2) is 9.13. The molecule has 1 amide bonds. The molecule has 0 unspecified atom stereocenters. The molecule has 3 aromatic heterocycles. The third kappa shape index (κ3) is 4.30. The van der Waals surface area contributed by atoms with Gasteiger partial charge in [0.1, 0.15) is 5.82 Å². The van der Waals surface area contributed by atoms with E-state index in [-0.39, 0.29) is 5.91 Å². The van der Waals surface area contributed by atoms with Crippen molar-refractivity contribution in [3.05, 3.63) is 72.6 Å². The first-order chi connectivity index (χ1) is 15.8. The number of carbonyl (C=O) groups is 1. The lowest BCUT2D eigenvalue weighted by molar-refractivity contribution is -0.130. The average molecular weight is 428 g/mol. The molecule has 8 nitrogen and oxygen atoms in total. The Morgan fingerprint density at radius 3 is 2.66 bits per heavy atom. The number of amides is 1. The van der Waals surface area contributed by atoms with Gasteiger partial charge in [-0.15, -0.1) is 15.3 Å². The molecule has 0 spiro atoms. The average Bonchev–Trinajstić information content (AvgIpc) is 3.11. The van der Waals surface area contributed by atoms with Crippen LogP contribution >= 0.6 is 0 Å². The van der Waals surface area contributed by atoms with Gasteiger partial charge >= 0.3 is 0 Å². The van der Waals surface area contributed by atoms with Crippen LogP contribution in [0.3, 0.4) is 0 Å². The molecule has 0 bridgehead atoms. The fourth-order valence-corrected chi connectivity index (χ4v) is 4.07. The van der Waals surface area contributed by atoms with Gasteiger partial charge in [-0.3, -0.25) is 9.78 Å². The molecule has 0 aliphatic carbocycles. The molecule has 1 saturated heterocycles. The number of aromatic nitrogens is 5. The maximum atomic E-state index is 12.8. The molecule has 4 heterocycles. The zero-order valence-corrected chi connectivity index (χ0v) is 17.8. The van der Waals surface area contributed by atoms with E-state index in [1.165, 1.54) is 5.56 Å². The molecule has 1 aromatic carbocycles. The number of nitrogens with zero attached hydrogens (tertiary/aromatic N) is 7. The molecule has 162 valence electrons. The number of hydrogen-bond acceptors (Lipinski definition) is 6. The number of pyridine rings is 1. The van der Waals surface area contributed by atoms with Gasteiger partial charge in [-0.1, -0.05) is 30.3 Å². The van der Waals surface area contributed by atoms with Crippen molar-refractivity contribution in [1.82, 2.24) is 29.7 Å². The predicted octanol–water partition coefficient (Wildman–Crippen LogP) is 2.86. The summed E-state index contributed by atoms with van der Waals surface area (Å²) in [5, 5.41) is 13.3. The lowest BCUT2D eigenvalue weighted by atomic mass is 10.1. The quantitative estimate of drug-likeness (QED) is 0.487. The molecule has 1 aliphatic rings. The van der Waals surface area contributed by atoms with E-state index in [1.807, 2.05) is 47.4 Å². The van der Waals surface area contributed by atoms with Crippen molar-refractivity contribution in [2.45, 2.75) is 19.3 Å². The van der Waals surface area contributed by atoms with E-state index in [0.717, 1.165) is 43.9 Å². The van der Waals surface area contributed by atoms with Gasteiger partial charge in [-0.25, -0.2) is 0 Å². The van der Waals surface area contributed by atoms with Crippen molar-refractivity contribution in [2.24, 2.45) is 0 Å². The lowest BCUT2D eigenvalue weighted by Crippen LogP contribution is -2.35. The van der Waals surface area contributed by atoms with Crippen LogP contribution < -0.4 is 4.90 Å². The number of fused-ring (bicyclic) bond motifs is 1. The highest BCUT2D eigenvalue weighted by Gasteiger charge is 2.21. The Morgan fingerprint density at radius 1 is 0.906 bits per heavy atom. The topological polar surface area (TPSA) is 79.5 Å². The predicted molar refractivity (Wildman–Crippen MR) is 122 cm³/mol. The normalized spacial score (nSPS) is 14.5. The van der Waals surface area contributed by atoms with E-state index < -0.39 is 0 Å². The molecular formula is C24H25N7O. The number of rotatable bonds is 5.